The summed E-state index contributed by atoms with van der Waals surface area (Å²) >= 11 is 0. The maximum absolute atomic E-state index is 13.2. The van der Waals surface area contributed by atoms with Crippen molar-refractivity contribution in [3.8, 4) is 0 Å². The van der Waals surface area contributed by atoms with Crippen molar-refractivity contribution in [2.24, 2.45) is 4.99 Å². The van der Waals surface area contributed by atoms with Gasteiger partial charge in [-0.25, -0.2) is 19.4 Å². The molecule has 0 unspecified atom stereocenters. The molecular weight excluding hydrogens is 319 g/mol. The molecule has 0 fully saturated rings. The smallest absolute Gasteiger partial charge is 0.201 e. The van der Waals surface area contributed by atoms with Crippen LogP contribution in [0.1, 0.15) is 5.56 Å². The summed E-state index contributed by atoms with van der Waals surface area (Å²) in [5, 5.41) is 0.921. The van der Waals surface area contributed by atoms with Crippen LogP contribution in [0.25, 0.3) is 22.1 Å². The van der Waals surface area contributed by atoms with Crippen LogP contribution in [0.15, 0.2) is 64.3 Å². The highest BCUT2D eigenvalue weighted by molar-refractivity contribution is 6.07. The molecule has 2 heterocycles. The Kier molecular flexibility index (Phi) is 3.65. The molecule has 0 N–H and O–H groups in total. The number of benzene rings is 2. The zero-order valence-electron chi connectivity index (χ0n) is 13.8. The summed E-state index contributed by atoms with van der Waals surface area (Å²) in [7, 11) is 3.75. The van der Waals surface area contributed by atoms with Crippen molar-refractivity contribution in [2.45, 2.75) is 0 Å². The molecule has 0 aliphatic rings. The Morgan fingerprint density at radius 3 is 2.56 bits per heavy atom. The van der Waals surface area contributed by atoms with Crippen molar-refractivity contribution < 1.29 is 8.81 Å². The van der Waals surface area contributed by atoms with Crippen LogP contribution in [-0.2, 0) is 0 Å². The first-order valence-corrected chi connectivity index (χ1v) is 7.77. The van der Waals surface area contributed by atoms with E-state index in [-0.39, 0.29) is 5.82 Å². The molecule has 0 atom stereocenters. The first-order valence-electron chi connectivity index (χ1n) is 7.77. The average Bonchev–Trinajstić information content (AvgIpc) is 3.00. The molecule has 0 aliphatic carbocycles. The highest BCUT2D eigenvalue weighted by Gasteiger charge is 2.14. The van der Waals surface area contributed by atoms with E-state index in [9.17, 15) is 4.39 Å². The van der Waals surface area contributed by atoms with Gasteiger partial charge in [0.15, 0.2) is 5.58 Å². The molecule has 0 radical (unpaired) electrons. The van der Waals surface area contributed by atoms with Crippen molar-refractivity contribution in [2.75, 3.05) is 14.1 Å². The van der Waals surface area contributed by atoms with Crippen molar-refractivity contribution in [1.82, 2.24) is 14.9 Å². The predicted molar refractivity (Wildman–Crippen MR) is 95.6 cm³/mol. The Hall–Kier alpha value is -3.28. The van der Waals surface area contributed by atoms with Gasteiger partial charge in [-0.05, 0) is 36.4 Å². The molecule has 4 rings (SSSR count). The van der Waals surface area contributed by atoms with Crippen molar-refractivity contribution >= 4 is 33.7 Å². The van der Waals surface area contributed by atoms with Crippen LogP contribution < -0.4 is 0 Å². The van der Waals surface area contributed by atoms with Gasteiger partial charge in [0.05, 0.1) is 0 Å². The van der Waals surface area contributed by atoms with Gasteiger partial charge in [0.25, 0.3) is 0 Å². The van der Waals surface area contributed by atoms with E-state index in [0.29, 0.717) is 17.2 Å². The Balaban J connectivity index is 1.92. The van der Waals surface area contributed by atoms with Gasteiger partial charge in [0.2, 0.25) is 5.82 Å². The zero-order chi connectivity index (χ0) is 17.4. The quantitative estimate of drug-likeness (QED) is 0.408. The molecule has 0 saturated heterocycles. The van der Waals surface area contributed by atoms with E-state index in [1.54, 1.807) is 12.1 Å². The molecule has 124 valence electrons. The number of furan rings is 1. The van der Waals surface area contributed by atoms with Crippen molar-refractivity contribution in [3.63, 3.8) is 0 Å². The molecule has 0 amide bonds. The fourth-order valence-electron chi connectivity index (χ4n) is 2.71. The molecule has 0 spiro atoms. The molecular formula is C19H15FN4O. The van der Waals surface area contributed by atoms with Crippen LogP contribution in [-0.4, -0.2) is 34.8 Å². The average molecular weight is 334 g/mol. The molecule has 4 aromatic rings. The van der Waals surface area contributed by atoms with Crippen LogP contribution in [0.4, 0.5) is 10.2 Å². The Bertz CT molecular complexity index is 1080. The van der Waals surface area contributed by atoms with Crippen molar-refractivity contribution in [3.05, 3.63) is 66.2 Å². The number of aliphatic imine (C=N–C) groups is 1. The topological polar surface area (TPSA) is 54.5 Å². The van der Waals surface area contributed by atoms with Gasteiger partial charge in [0.1, 0.15) is 29.1 Å². The number of aromatic nitrogens is 2. The van der Waals surface area contributed by atoms with E-state index < -0.39 is 0 Å². The second-order valence-electron chi connectivity index (χ2n) is 5.81. The first-order chi connectivity index (χ1) is 12.1. The van der Waals surface area contributed by atoms with E-state index in [1.807, 2.05) is 43.3 Å². The molecule has 25 heavy (non-hydrogen) atoms. The van der Waals surface area contributed by atoms with Crippen LogP contribution in [0.2, 0.25) is 0 Å². The van der Waals surface area contributed by atoms with E-state index in [4.69, 9.17) is 4.42 Å². The minimum atomic E-state index is -0.288. The summed E-state index contributed by atoms with van der Waals surface area (Å²) in [6, 6.07) is 13.9. The van der Waals surface area contributed by atoms with Gasteiger partial charge in [0, 0.05) is 25.0 Å². The highest BCUT2D eigenvalue weighted by atomic mass is 19.1. The van der Waals surface area contributed by atoms with Crippen LogP contribution >= 0.6 is 0 Å². The van der Waals surface area contributed by atoms with E-state index in [1.165, 1.54) is 18.5 Å². The van der Waals surface area contributed by atoms with Crippen LogP contribution in [0, 0.1) is 5.82 Å². The number of hydrogen-bond donors (Lipinski definition) is 0. The molecule has 0 bridgehead atoms. The lowest BCUT2D eigenvalue weighted by Gasteiger charge is -2.15. The summed E-state index contributed by atoms with van der Waals surface area (Å²) in [6.45, 7) is 0. The lowest BCUT2D eigenvalue weighted by molar-refractivity contribution is 0.618. The Labute approximate surface area is 143 Å². The summed E-state index contributed by atoms with van der Waals surface area (Å²) < 4.78 is 19.1. The molecule has 5 nitrogen and oxygen atoms in total. The number of rotatable bonds is 2. The second-order valence-corrected chi connectivity index (χ2v) is 5.81. The Morgan fingerprint density at radius 2 is 1.80 bits per heavy atom. The van der Waals surface area contributed by atoms with Crippen molar-refractivity contribution in [1.29, 1.82) is 0 Å². The summed E-state index contributed by atoms with van der Waals surface area (Å²) in [6.07, 6.45) is 1.47. The standard InChI is InChI=1S/C19H15FN4O/c1-24(2)19(12-7-9-13(20)10-8-12)23-18-17-16(21-11-22-18)14-5-3-4-6-15(14)25-17/h3-11H,1-2H3. The number of amidine groups is 1. The number of halogens is 1. The highest BCUT2D eigenvalue weighted by Crippen LogP contribution is 2.32. The van der Waals surface area contributed by atoms with E-state index in [2.05, 4.69) is 15.0 Å². The normalized spacial score (nSPS) is 12.0. The first kappa shape index (κ1) is 15.3. The molecule has 6 heteroatoms. The largest absolute Gasteiger partial charge is 0.450 e. The van der Waals surface area contributed by atoms with Crippen LogP contribution in [0.3, 0.4) is 0 Å². The SMILES string of the molecule is CN(C)C(=Nc1ncnc2c1oc1ccccc12)c1ccc(F)cc1. The number of para-hydroxylation sites is 1. The fourth-order valence-corrected chi connectivity index (χ4v) is 2.71. The lowest BCUT2D eigenvalue weighted by Crippen LogP contribution is -2.22. The minimum absolute atomic E-state index is 0.288. The fraction of sp³-hybridized carbons (Fsp3) is 0.105. The van der Waals surface area contributed by atoms with E-state index >= 15 is 0 Å². The zero-order valence-corrected chi connectivity index (χ0v) is 13.8. The molecule has 0 saturated carbocycles. The third kappa shape index (κ3) is 2.71. The molecule has 2 aromatic heterocycles. The Morgan fingerprint density at radius 1 is 1.04 bits per heavy atom. The summed E-state index contributed by atoms with van der Waals surface area (Å²) in [5.74, 6) is 0.804. The number of fused-ring (bicyclic) bond motifs is 3. The molecule has 0 aliphatic heterocycles. The maximum atomic E-state index is 13.2. The number of hydrogen-bond acceptors (Lipinski definition) is 4. The minimum Gasteiger partial charge on any atom is -0.450 e. The maximum Gasteiger partial charge on any atom is 0.201 e. The second kappa shape index (κ2) is 5.98. The third-order valence-electron chi connectivity index (χ3n) is 3.88. The van der Waals surface area contributed by atoms with Gasteiger partial charge < -0.3 is 9.32 Å². The third-order valence-corrected chi connectivity index (χ3v) is 3.88. The van der Waals surface area contributed by atoms with E-state index in [0.717, 1.165) is 22.0 Å². The summed E-state index contributed by atoms with van der Waals surface area (Å²) in [4.78, 5) is 15.1. The summed E-state index contributed by atoms with van der Waals surface area (Å²) in [5.41, 5.74) is 2.78. The van der Waals surface area contributed by atoms with Gasteiger partial charge in [-0.2, -0.15) is 0 Å². The van der Waals surface area contributed by atoms with Gasteiger partial charge in [-0.3, -0.25) is 0 Å². The van der Waals surface area contributed by atoms with Gasteiger partial charge >= 0.3 is 0 Å². The van der Waals surface area contributed by atoms with Gasteiger partial charge in [-0.15, -0.1) is 0 Å². The molecule has 2 aromatic carbocycles. The lowest BCUT2D eigenvalue weighted by atomic mass is 10.2. The van der Waals surface area contributed by atoms with Gasteiger partial charge in [-0.1, -0.05) is 12.1 Å². The monoisotopic (exact) mass is 334 g/mol. The van der Waals surface area contributed by atoms with Crippen LogP contribution in [0.5, 0.6) is 0 Å². The number of nitrogens with zero attached hydrogens (tertiary/aromatic N) is 4. The predicted octanol–water partition coefficient (Wildman–Crippen LogP) is 4.16.